The monoisotopic (exact) mass is 299 g/mol. The molecule has 20 heavy (non-hydrogen) atoms. The zero-order chi connectivity index (χ0) is 14.4. The van der Waals surface area contributed by atoms with Crippen LogP contribution in [0.1, 0.15) is 5.01 Å². The smallest absolute Gasteiger partial charge is 0.153 e. The van der Waals surface area contributed by atoms with E-state index in [2.05, 4.69) is 15.5 Å². The van der Waals surface area contributed by atoms with Crippen LogP contribution < -0.4 is 5.32 Å². The molecule has 1 heterocycles. The fourth-order valence-corrected chi connectivity index (χ4v) is 2.54. The summed E-state index contributed by atoms with van der Waals surface area (Å²) in [4.78, 5) is 0. The Hall–Kier alpha value is -1.44. The van der Waals surface area contributed by atoms with Gasteiger partial charge in [0.15, 0.2) is 5.01 Å². The summed E-state index contributed by atoms with van der Waals surface area (Å²) in [7, 11) is 1.64. The molecule has 0 atom stereocenters. The predicted octanol–water partition coefficient (Wildman–Crippen LogP) is 2.26. The molecule has 108 valence electrons. The number of rotatable bonds is 7. The van der Waals surface area contributed by atoms with Crippen LogP contribution >= 0.6 is 11.3 Å². The Balaban J connectivity index is 1.98. The minimum absolute atomic E-state index is 0.108. The number of benzene rings is 1. The first kappa shape index (κ1) is 15.0. The number of halogens is 2. The summed E-state index contributed by atoms with van der Waals surface area (Å²) in [6.45, 7) is 2.11. The van der Waals surface area contributed by atoms with Gasteiger partial charge in [-0.15, -0.1) is 10.2 Å². The molecule has 1 aromatic heterocycles. The molecule has 4 nitrogen and oxygen atoms in total. The van der Waals surface area contributed by atoms with E-state index in [-0.39, 0.29) is 10.6 Å². The first-order valence-corrected chi connectivity index (χ1v) is 7.00. The highest BCUT2D eigenvalue weighted by molar-refractivity contribution is 7.14. The molecule has 2 rings (SSSR count). The quantitative estimate of drug-likeness (QED) is 0.797. The van der Waals surface area contributed by atoms with Gasteiger partial charge in [0.25, 0.3) is 0 Å². The lowest BCUT2D eigenvalue weighted by atomic mass is 10.2. The molecular weight excluding hydrogens is 284 g/mol. The van der Waals surface area contributed by atoms with Gasteiger partial charge in [0.2, 0.25) is 0 Å². The van der Waals surface area contributed by atoms with Crippen molar-refractivity contribution in [2.24, 2.45) is 0 Å². The average Bonchev–Trinajstić information content (AvgIpc) is 2.87. The van der Waals surface area contributed by atoms with Gasteiger partial charge in [-0.2, -0.15) is 0 Å². The first-order valence-electron chi connectivity index (χ1n) is 6.19. The molecule has 0 aliphatic rings. The van der Waals surface area contributed by atoms with Gasteiger partial charge < -0.3 is 10.1 Å². The summed E-state index contributed by atoms with van der Waals surface area (Å²) in [5, 5.41) is 12.0. The number of methoxy groups -OCH3 is 1. The van der Waals surface area contributed by atoms with E-state index in [0.717, 1.165) is 18.1 Å². The largest absolute Gasteiger partial charge is 0.383 e. The summed E-state index contributed by atoms with van der Waals surface area (Å²) in [5.41, 5.74) is -0.108. The molecule has 0 aliphatic carbocycles. The van der Waals surface area contributed by atoms with Crippen molar-refractivity contribution < 1.29 is 13.5 Å². The van der Waals surface area contributed by atoms with Crippen molar-refractivity contribution in [3.8, 4) is 10.6 Å². The van der Waals surface area contributed by atoms with Gasteiger partial charge in [-0.1, -0.05) is 17.4 Å². The molecule has 0 fully saturated rings. The highest BCUT2D eigenvalue weighted by atomic mass is 32.1. The molecule has 0 aliphatic heterocycles. The van der Waals surface area contributed by atoms with Crippen molar-refractivity contribution in [1.82, 2.24) is 15.5 Å². The van der Waals surface area contributed by atoms with E-state index in [9.17, 15) is 8.78 Å². The van der Waals surface area contributed by atoms with Gasteiger partial charge in [0, 0.05) is 26.6 Å². The van der Waals surface area contributed by atoms with Crippen LogP contribution in [0.25, 0.3) is 10.6 Å². The maximum absolute atomic E-state index is 13.6. The predicted molar refractivity (Wildman–Crippen MR) is 73.7 cm³/mol. The van der Waals surface area contributed by atoms with Crippen molar-refractivity contribution in [2.45, 2.75) is 6.42 Å². The van der Waals surface area contributed by atoms with Crippen LogP contribution in [0.3, 0.4) is 0 Å². The fraction of sp³-hybridized carbons (Fsp3) is 0.385. The van der Waals surface area contributed by atoms with Crippen molar-refractivity contribution in [1.29, 1.82) is 0 Å². The number of ether oxygens (including phenoxy) is 1. The third-order valence-corrected chi connectivity index (χ3v) is 3.64. The third kappa shape index (κ3) is 3.78. The second-order valence-corrected chi connectivity index (χ2v) is 5.15. The lowest BCUT2D eigenvalue weighted by Crippen LogP contribution is -2.21. The van der Waals surface area contributed by atoms with Gasteiger partial charge in [0.1, 0.15) is 16.6 Å². The molecular formula is C13H15F2N3OS. The molecule has 1 aromatic carbocycles. The molecule has 0 radical (unpaired) electrons. The Morgan fingerprint density at radius 2 is 1.95 bits per heavy atom. The van der Waals surface area contributed by atoms with Crippen LogP contribution in [0.4, 0.5) is 8.78 Å². The summed E-state index contributed by atoms with van der Waals surface area (Å²) in [6.07, 6.45) is 0.664. The summed E-state index contributed by atoms with van der Waals surface area (Å²) >= 11 is 1.20. The van der Waals surface area contributed by atoms with E-state index < -0.39 is 11.6 Å². The van der Waals surface area contributed by atoms with Gasteiger partial charge >= 0.3 is 0 Å². The molecule has 7 heteroatoms. The highest BCUT2D eigenvalue weighted by Crippen LogP contribution is 2.28. The number of nitrogens with zero attached hydrogens (tertiary/aromatic N) is 2. The minimum atomic E-state index is -0.620. The average molecular weight is 299 g/mol. The van der Waals surface area contributed by atoms with Gasteiger partial charge in [-0.3, -0.25) is 0 Å². The lowest BCUT2D eigenvalue weighted by molar-refractivity contribution is 0.199. The van der Waals surface area contributed by atoms with Crippen molar-refractivity contribution in [3.05, 3.63) is 34.8 Å². The number of hydrogen-bond donors (Lipinski definition) is 1. The normalized spacial score (nSPS) is 10.9. The Morgan fingerprint density at radius 3 is 2.65 bits per heavy atom. The lowest BCUT2D eigenvalue weighted by Gasteiger charge is -2.01. The SMILES string of the molecule is COCCNCCc1nnc(-c2c(F)cccc2F)s1. The first-order chi connectivity index (χ1) is 9.72. The second kappa shape index (κ2) is 7.37. The molecule has 0 amide bonds. The summed E-state index contributed by atoms with van der Waals surface area (Å²) in [5.74, 6) is -1.24. The molecule has 0 saturated heterocycles. The van der Waals surface area contributed by atoms with Crippen LogP contribution in [0.2, 0.25) is 0 Å². The van der Waals surface area contributed by atoms with E-state index in [1.54, 1.807) is 7.11 Å². The van der Waals surface area contributed by atoms with Gasteiger partial charge in [-0.05, 0) is 12.1 Å². The summed E-state index contributed by atoms with van der Waals surface area (Å²) < 4.78 is 32.1. The molecule has 0 bridgehead atoms. The van der Waals surface area contributed by atoms with E-state index in [1.165, 1.54) is 29.5 Å². The number of aromatic nitrogens is 2. The molecule has 1 N–H and O–H groups in total. The van der Waals surface area contributed by atoms with Crippen LogP contribution in [0, 0.1) is 11.6 Å². The van der Waals surface area contributed by atoms with Crippen LogP contribution in [0.5, 0.6) is 0 Å². The van der Waals surface area contributed by atoms with E-state index >= 15 is 0 Å². The van der Waals surface area contributed by atoms with Gasteiger partial charge in [-0.25, -0.2) is 8.78 Å². The Bertz CT molecular complexity index is 542. The Labute approximate surface area is 119 Å². The highest BCUT2D eigenvalue weighted by Gasteiger charge is 2.15. The maximum atomic E-state index is 13.6. The molecule has 0 saturated carbocycles. The number of nitrogens with one attached hydrogen (secondary N) is 1. The zero-order valence-electron chi connectivity index (χ0n) is 11.0. The van der Waals surface area contributed by atoms with Crippen molar-refractivity contribution in [2.75, 3.05) is 26.8 Å². The zero-order valence-corrected chi connectivity index (χ0v) is 11.8. The third-order valence-electron chi connectivity index (χ3n) is 2.64. The van der Waals surface area contributed by atoms with Crippen LogP contribution in [-0.2, 0) is 11.2 Å². The van der Waals surface area contributed by atoms with E-state index in [1.807, 2.05) is 0 Å². The number of hydrogen-bond acceptors (Lipinski definition) is 5. The van der Waals surface area contributed by atoms with Crippen LogP contribution in [-0.4, -0.2) is 37.0 Å². The molecule has 0 spiro atoms. The molecule has 0 unspecified atom stereocenters. The second-order valence-electron chi connectivity index (χ2n) is 4.09. The standard InChI is InChI=1S/C13H15F2N3OS/c1-19-8-7-16-6-5-11-17-18-13(20-11)12-9(14)3-2-4-10(12)15/h2-4,16H,5-8H2,1H3. The maximum Gasteiger partial charge on any atom is 0.153 e. The van der Waals surface area contributed by atoms with E-state index in [4.69, 9.17) is 4.74 Å². The molecule has 2 aromatic rings. The Morgan fingerprint density at radius 1 is 1.20 bits per heavy atom. The van der Waals surface area contributed by atoms with E-state index in [0.29, 0.717) is 13.0 Å². The summed E-state index contributed by atoms with van der Waals surface area (Å²) in [6, 6.07) is 3.76. The topological polar surface area (TPSA) is 47.0 Å². The van der Waals surface area contributed by atoms with Gasteiger partial charge in [0.05, 0.1) is 12.2 Å². The minimum Gasteiger partial charge on any atom is -0.383 e. The van der Waals surface area contributed by atoms with Crippen molar-refractivity contribution >= 4 is 11.3 Å². The van der Waals surface area contributed by atoms with Crippen LogP contribution in [0.15, 0.2) is 18.2 Å². The van der Waals surface area contributed by atoms with Crippen molar-refractivity contribution in [3.63, 3.8) is 0 Å². The fourth-order valence-electron chi connectivity index (χ4n) is 1.65. The Kier molecular flexibility index (Phi) is 5.51.